The van der Waals surface area contributed by atoms with E-state index in [1.807, 2.05) is 6.20 Å². The van der Waals surface area contributed by atoms with Crippen LogP contribution in [0.3, 0.4) is 0 Å². The predicted molar refractivity (Wildman–Crippen MR) is 199 cm³/mol. The van der Waals surface area contributed by atoms with Crippen molar-refractivity contribution >= 4 is 21.8 Å². The molecule has 246 valence electrons. The largest absolute Gasteiger partial charge is 0.457 e. The number of nitrogens with zero attached hydrogens (tertiary/aromatic N) is 4. The molecule has 2 atom stereocenters. The van der Waals surface area contributed by atoms with Crippen molar-refractivity contribution in [2.75, 3.05) is 0 Å². The maximum atomic E-state index is 6.78. The Labute approximate surface area is 285 Å². The number of aryl methyl sites for hydroxylation is 1. The highest BCUT2D eigenvalue weighted by molar-refractivity contribution is 6.09. The zero-order valence-corrected chi connectivity index (χ0v) is 29.9. The summed E-state index contributed by atoms with van der Waals surface area (Å²) < 4.78 is 11.2. The van der Waals surface area contributed by atoms with E-state index in [9.17, 15) is 0 Å². The number of pyridine rings is 1. The molecular formula is C43H48N4O. The summed E-state index contributed by atoms with van der Waals surface area (Å²) in [7, 11) is 0. The van der Waals surface area contributed by atoms with Crippen LogP contribution in [0, 0.1) is 19.8 Å². The number of hydrogen-bond donors (Lipinski definition) is 0. The van der Waals surface area contributed by atoms with Crippen molar-refractivity contribution in [3.05, 3.63) is 119 Å². The second-order valence-electron chi connectivity index (χ2n) is 15.2. The van der Waals surface area contributed by atoms with Crippen LogP contribution in [0.15, 0.2) is 90.6 Å². The van der Waals surface area contributed by atoms with Crippen LogP contribution in [0.2, 0.25) is 0 Å². The van der Waals surface area contributed by atoms with Gasteiger partial charge in [-0.05, 0) is 104 Å². The van der Waals surface area contributed by atoms with Crippen molar-refractivity contribution in [2.24, 2.45) is 5.92 Å². The Balaban J connectivity index is 1.34. The molecule has 0 spiro atoms. The third kappa shape index (κ3) is 5.63. The number of aromatic nitrogens is 4. The van der Waals surface area contributed by atoms with Crippen molar-refractivity contribution in [2.45, 2.75) is 92.4 Å². The number of para-hydroxylation sites is 1. The summed E-state index contributed by atoms with van der Waals surface area (Å²) in [5.41, 5.74) is 10.8. The highest BCUT2D eigenvalue weighted by Crippen LogP contribution is 2.42. The summed E-state index contributed by atoms with van der Waals surface area (Å²) >= 11 is 0. The summed E-state index contributed by atoms with van der Waals surface area (Å²) in [6.45, 7) is 20.3. The van der Waals surface area contributed by atoms with Crippen LogP contribution in [0.5, 0.6) is 11.5 Å². The van der Waals surface area contributed by atoms with Gasteiger partial charge in [-0.2, -0.15) is 5.10 Å². The SMILES string of the molecule is CC1=CCCC(C)[C@H]1c1c(C)nn(-c2cc(Oc3ccc4c5ccccc5n(-c5cc(C(C)C)ccn5)c4c3)cc(C(C)(C)C)c2)c1C. The van der Waals surface area contributed by atoms with E-state index in [0.717, 1.165) is 46.2 Å². The van der Waals surface area contributed by atoms with Crippen LogP contribution in [-0.2, 0) is 5.41 Å². The molecule has 3 aromatic heterocycles. The van der Waals surface area contributed by atoms with Crippen LogP contribution >= 0.6 is 0 Å². The fourth-order valence-corrected chi connectivity index (χ4v) is 7.69. The van der Waals surface area contributed by atoms with E-state index in [2.05, 4.69) is 150 Å². The molecule has 0 radical (unpaired) electrons. The molecule has 1 aliphatic rings. The van der Waals surface area contributed by atoms with E-state index in [4.69, 9.17) is 14.8 Å². The van der Waals surface area contributed by atoms with E-state index in [1.165, 1.54) is 45.2 Å². The number of allylic oxidation sites excluding steroid dienone is 2. The summed E-state index contributed by atoms with van der Waals surface area (Å²) in [5, 5.41) is 7.52. The molecule has 3 aromatic carbocycles. The Morgan fingerprint density at radius 2 is 1.62 bits per heavy atom. The Morgan fingerprint density at radius 3 is 2.38 bits per heavy atom. The van der Waals surface area contributed by atoms with Gasteiger partial charge in [-0.1, -0.05) is 71.4 Å². The molecule has 0 N–H and O–H groups in total. The molecule has 3 heterocycles. The number of benzene rings is 3. The van der Waals surface area contributed by atoms with Gasteiger partial charge in [0.15, 0.2) is 0 Å². The van der Waals surface area contributed by atoms with Crippen LogP contribution in [-0.4, -0.2) is 19.3 Å². The molecule has 48 heavy (non-hydrogen) atoms. The molecule has 5 nitrogen and oxygen atoms in total. The molecular weight excluding hydrogens is 589 g/mol. The molecule has 0 saturated heterocycles. The monoisotopic (exact) mass is 636 g/mol. The molecule has 1 aliphatic carbocycles. The number of ether oxygens (including phenoxy) is 1. The maximum absolute atomic E-state index is 6.78. The van der Waals surface area contributed by atoms with Crippen molar-refractivity contribution in [1.29, 1.82) is 0 Å². The molecule has 0 fully saturated rings. The lowest BCUT2D eigenvalue weighted by Gasteiger charge is -2.29. The summed E-state index contributed by atoms with van der Waals surface area (Å²) in [4.78, 5) is 4.83. The predicted octanol–water partition coefficient (Wildman–Crippen LogP) is 11.7. The molecule has 5 heteroatoms. The minimum absolute atomic E-state index is 0.0757. The third-order valence-corrected chi connectivity index (χ3v) is 10.4. The summed E-state index contributed by atoms with van der Waals surface area (Å²) in [6, 6.07) is 25.9. The van der Waals surface area contributed by atoms with E-state index >= 15 is 0 Å². The average Bonchev–Trinajstić information content (AvgIpc) is 3.53. The first-order chi connectivity index (χ1) is 22.9. The molecule has 0 saturated carbocycles. The lowest BCUT2D eigenvalue weighted by Crippen LogP contribution is -2.16. The molecule has 7 rings (SSSR count). The zero-order chi connectivity index (χ0) is 33.9. The van der Waals surface area contributed by atoms with Crippen molar-refractivity contribution in [1.82, 2.24) is 19.3 Å². The summed E-state index contributed by atoms with van der Waals surface area (Å²) in [6.07, 6.45) is 6.71. The van der Waals surface area contributed by atoms with E-state index in [-0.39, 0.29) is 5.41 Å². The minimum atomic E-state index is -0.0757. The van der Waals surface area contributed by atoms with Crippen LogP contribution < -0.4 is 4.74 Å². The van der Waals surface area contributed by atoms with Crippen LogP contribution in [0.4, 0.5) is 0 Å². The quantitative estimate of drug-likeness (QED) is 0.171. The van der Waals surface area contributed by atoms with Gasteiger partial charge >= 0.3 is 0 Å². The van der Waals surface area contributed by atoms with Crippen LogP contribution in [0.1, 0.15) is 101 Å². The third-order valence-electron chi connectivity index (χ3n) is 10.4. The number of hydrogen-bond acceptors (Lipinski definition) is 3. The number of fused-ring (bicyclic) bond motifs is 3. The van der Waals surface area contributed by atoms with Gasteiger partial charge < -0.3 is 4.74 Å². The first-order valence-electron chi connectivity index (χ1n) is 17.5. The maximum Gasteiger partial charge on any atom is 0.137 e. The second kappa shape index (κ2) is 12.1. The van der Waals surface area contributed by atoms with E-state index in [1.54, 1.807) is 0 Å². The molecule has 0 aliphatic heterocycles. The Kier molecular flexibility index (Phi) is 8.06. The lowest BCUT2D eigenvalue weighted by atomic mass is 9.75. The second-order valence-corrected chi connectivity index (χ2v) is 15.2. The van der Waals surface area contributed by atoms with Crippen molar-refractivity contribution < 1.29 is 4.74 Å². The zero-order valence-electron chi connectivity index (χ0n) is 29.9. The van der Waals surface area contributed by atoms with Crippen molar-refractivity contribution in [3.63, 3.8) is 0 Å². The first kappa shape index (κ1) is 31.9. The highest BCUT2D eigenvalue weighted by Gasteiger charge is 2.30. The van der Waals surface area contributed by atoms with Crippen molar-refractivity contribution in [3.8, 4) is 23.0 Å². The Morgan fingerprint density at radius 1 is 0.854 bits per heavy atom. The number of rotatable bonds is 6. The Bertz CT molecular complexity index is 2190. The van der Waals surface area contributed by atoms with Gasteiger partial charge in [-0.15, -0.1) is 0 Å². The summed E-state index contributed by atoms with van der Waals surface area (Å²) in [5.74, 6) is 3.92. The standard InChI is InChI=1S/C43H48N4O/c1-26(2)31-19-20-44-40(21-31)46-38-16-11-10-15-36(38)37-18-17-34(25-39(37)46)48-35-23-32(43(7,8)9)22-33(24-35)47-30(6)42(29(5)45-47)41-27(3)13-12-14-28(41)4/h10-11,13,15-26,28,41H,12,14H2,1-9H3/t28?,41-/m0/s1. The molecule has 1 unspecified atom stereocenters. The lowest BCUT2D eigenvalue weighted by molar-refractivity contribution is 0.447. The fourth-order valence-electron chi connectivity index (χ4n) is 7.69. The Hall–Kier alpha value is -4.64. The normalized spacial score (nSPS) is 17.0. The fraction of sp³-hybridized carbons (Fsp3) is 0.349. The van der Waals surface area contributed by atoms with Gasteiger partial charge in [0.25, 0.3) is 0 Å². The average molecular weight is 637 g/mol. The van der Waals surface area contributed by atoms with Crippen LogP contribution in [0.25, 0.3) is 33.3 Å². The van der Waals surface area contributed by atoms with Gasteiger partial charge in [0.1, 0.15) is 17.3 Å². The van der Waals surface area contributed by atoms with Gasteiger partial charge in [-0.3, -0.25) is 4.57 Å². The molecule has 0 amide bonds. The first-order valence-corrected chi connectivity index (χ1v) is 17.5. The van der Waals surface area contributed by atoms with Gasteiger partial charge in [0.2, 0.25) is 0 Å². The highest BCUT2D eigenvalue weighted by atomic mass is 16.5. The van der Waals surface area contributed by atoms with Gasteiger partial charge in [-0.25, -0.2) is 9.67 Å². The minimum Gasteiger partial charge on any atom is -0.457 e. The van der Waals surface area contributed by atoms with E-state index in [0.29, 0.717) is 17.8 Å². The van der Waals surface area contributed by atoms with Gasteiger partial charge in [0.05, 0.1) is 22.4 Å². The smallest absolute Gasteiger partial charge is 0.137 e. The molecule has 0 bridgehead atoms. The molecule has 6 aromatic rings. The van der Waals surface area contributed by atoms with E-state index < -0.39 is 0 Å². The topological polar surface area (TPSA) is 44.9 Å². The van der Waals surface area contributed by atoms with Gasteiger partial charge in [0, 0.05) is 46.3 Å².